The molecule has 4 rings (SSSR count). The fourth-order valence-corrected chi connectivity index (χ4v) is 4.55. The number of nitrogens with zero attached hydrogens (tertiary/aromatic N) is 1. The van der Waals surface area contributed by atoms with E-state index in [9.17, 15) is 4.79 Å². The van der Waals surface area contributed by atoms with Crippen LogP contribution in [0, 0.1) is 6.92 Å². The number of fused-ring (bicyclic) bond motifs is 1. The van der Waals surface area contributed by atoms with Crippen molar-refractivity contribution in [1.29, 1.82) is 0 Å². The lowest BCUT2D eigenvalue weighted by Gasteiger charge is -2.05. The number of aryl methyl sites for hydroxylation is 1. The molecule has 4 aromatic rings. The number of aromatic nitrogens is 1. The summed E-state index contributed by atoms with van der Waals surface area (Å²) in [6.45, 7) is 1.92. The first-order chi connectivity index (χ1) is 14.3. The zero-order chi connectivity index (χ0) is 21.4. The van der Waals surface area contributed by atoms with E-state index in [4.69, 9.17) is 51.4 Å². The van der Waals surface area contributed by atoms with E-state index in [2.05, 4.69) is 15.6 Å². The number of thiazole rings is 1. The summed E-state index contributed by atoms with van der Waals surface area (Å²) in [5.41, 5.74) is 2.34. The summed E-state index contributed by atoms with van der Waals surface area (Å²) in [6.07, 6.45) is 0. The van der Waals surface area contributed by atoms with Crippen molar-refractivity contribution in [3.63, 3.8) is 0 Å². The Labute approximate surface area is 196 Å². The van der Waals surface area contributed by atoms with Gasteiger partial charge in [-0.3, -0.25) is 10.1 Å². The van der Waals surface area contributed by atoms with Crippen LogP contribution in [-0.2, 0) is 0 Å². The van der Waals surface area contributed by atoms with Crippen LogP contribution in [0.1, 0.15) is 16.1 Å². The van der Waals surface area contributed by atoms with Crippen molar-refractivity contribution in [1.82, 2.24) is 10.3 Å². The number of furan rings is 1. The summed E-state index contributed by atoms with van der Waals surface area (Å²) in [5.74, 6) is 0.0369. The predicted molar refractivity (Wildman–Crippen MR) is 127 cm³/mol. The minimum absolute atomic E-state index is 0.0897. The molecular weight excluding hydrogens is 485 g/mol. The summed E-state index contributed by atoms with van der Waals surface area (Å²) in [5, 5.41) is 7.71. The van der Waals surface area contributed by atoms with Crippen LogP contribution in [0.4, 0.5) is 5.13 Å². The molecule has 2 N–H and O–H groups in total. The Kier molecular flexibility index (Phi) is 5.99. The number of amides is 1. The molecule has 0 aliphatic rings. The molecule has 2 aromatic carbocycles. The van der Waals surface area contributed by atoms with Crippen LogP contribution in [0.5, 0.6) is 0 Å². The second-order valence-corrected chi connectivity index (χ2v) is 8.97. The van der Waals surface area contributed by atoms with Gasteiger partial charge in [0.05, 0.1) is 15.2 Å². The Morgan fingerprint density at radius 3 is 2.67 bits per heavy atom. The van der Waals surface area contributed by atoms with Crippen molar-refractivity contribution in [2.24, 2.45) is 0 Å². The summed E-state index contributed by atoms with van der Waals surface area (Å²) < 4.78 is 6.59. The zero-order valence-corrected chi connectivity index (χ0v) is 19.2. The molecule has 0 spiro atoms. The smallest absolute Gasteiger partial charge is 0.293 e. The number of hydrogen-bond acceptors (Lipinski definition) is 5. The lowest BCUT2D eigenvalue weighted by Crippen LogP contribution is -2.33. The highest BCUT2D eigenvalue weighted by atomic mass is 35.5. The first kappa shape index (κ1) is 21.1. The molecule has 2 aromatic heterocycles. The third kappa shape index (κ3) is 4.45. The number of hydrogen-bond donors (Lipinski definition) is 2. The zero-order valence-electron chi connectivity index (χ0n) is 15.3. The largest absolute Gasteiger partial charge is 0.451 e. The highest BCUT2D eigenvalue weighted by molar-refractivity contribution is 7.80. The summed E-state index contributed by atoms with van der Waals surface area (Å²) >= 11 is 24.9. The van der Waals surface area contributed by atoms with Gasteiger partial charge in [-0.1, -0.05) is 46.1 Å². The molecule has 0 aliphatic heterocycles. The van der Waals surface area contributed by atoms with E-state index in [1.54, 1.807) is 36.4 Å². The summed E-state index contributed by atoms with van der Waals surface area (Å²) in [4.78, 5) is 16.9. The Balaban J connectivity index is 1.45. The summed E-state index contributed by atoms with van der Waals surface area (Å²) in [7, 11) is 0. The van der Waals surface area contributed by atoms with Gasteiger partial charge in [0.2, 0.25) is 0 Å². The highest BCUT2D eigenvalue weighted by Crippen LogP contribution is 2.32. The highest BCUT2D eigenvalue weighted by Gasteiger charge is 2.16. The third-order valence-electron chi connectivity index (χ3n) is 4.14. The minimum Gasteiger partial charge on any atom is -0.451 e. The van der Waals surface area contributed by atoms with Crippen LogP contribution in [0.15, 0.2) is 46.9 Å². The normalized spacial score (nSPS) is 10.9. The van der Waals surface area contributed by atoms with E-state index < -0.39 is 5.91 Å². The maximum Gasteiger partial charge on any atom is 0.293 e. The SMILES string of the molecule is Cc1cc2sc(NC(=S)NC(=O)c3ccc(-c4ccc(Cl)cc4Cl)o3)nc2cc1Cl. The number of benzene rings is 2. The Bertz CT molecular complexity index is 1260. The number of halogens is 3. The molecule has 0 atom stereocenters. The number of carbonyl (C=O) groups is 1. The molecule has 152 valence electrons. The van der Waals surface area contributed by atoms with Gasteiger partial charge in [-0.2, -0.15) is 0 Å². The van der Waals surface area contributed by atoms with Crippen molar-refractivity contribution in [3.05, 3.63) is 68.9 Å². The molecule has 0 bridgehead atoms. The average Bonchev–Trinajstić information content (AvgIpc) is 3.29. The van der Waals surface area contributed by atoms with Gasteiger partial charge >= 0.3 is 0 Å². The monoisotopic (exact) mass is 495 g/mol. The number of nitrogens with one attached hydrogen (secondary N) is 2. The Morgan fingerprint density at radius 1 is 1.10 bits per heavy atom. The fraction of sp³-hybridized carbons (Fsp3) is 0.0500. The maximum absolute atomic E-state index is 12.5. The van der Waals surface area contributed by atoms with Gasteiger partial charge in [0, 0.05) is 15.6 Å². The van der Waals surface area contributed by atoms with Crippen LogP contribution in [0.25, 0.3) is 21.5 Å². The van der Waals surface area contributed by atoms with Crippen LogP contribution < -0.4 is 10.6 Å². The second kappa shape index (κ2) is 8.53. The molecule has 0 radical (unpaired) electrons. The quantitative estimate of drug-likeness (QED) is 0.300. The van der Waals surface area contributed by atoms with Gasteiger partial charge in [-0.25, -0.2) is 4.98 Å². The van der Waals surface area contributed by atoms with Crippen LogP contribution >= 0.6 is 58.4 Å². The molecule has 2 heterocycles. The molecule has 0 saturated heterocycles. The van der Waals surface area contributed by atoms with E-state index in [1.807, 2.05) is 13.0 Å². The van der Waals surface area contributed by atoms with Crippen molar-refractivity contribution >= 4 is 84.7 Å². The number of rotatable bonds is 3. The molecule has 0 aliphatic carbocycles. The van der Waals surface area contributed by atoms with Gasteiger partial charge in [0.25, 0.3) is 5.91 Å². The first-order valence-electron chi connectivity index (χ1n) is 8.54. The molecule has 0 fully saturated rings. The van der Waals surface area contributed by atoms with Crippen molar-refractivity contribution in [2.75, 3.05) is 5.32 Å². The van der Waals surface area contributed by atoms with Gasteiger partial charge < -0.3 is 9.73 Å². The number of thiocarbonyl (C=S) groups is 1. The van der Waals surface area contributed by atoms with Gasteiger partial charge in [-0.15, -0.1) is 0 Å². The molecule has 0 saturated carbocycles. The fourth-order valence-electron chi connectivity index (χ4n) is 2.69. The summed E-state index contributed by atoms with van der Waals surface area (Å²) in [6, 6.07) is 12.0. The molecule has 1 amide bonds. The van der Waals surface area contributed by atoms with Crippen molar-refractivity contribution < 1.29 is 9.21 Å². The van der Waals surface area contributed by atoms with Gasteiger partial charge in [-0.05, 0) is 67.2 Å². The van der Waals surface area contributed by atoms with Crippen molar-refractivity contribution in [2.45, 2.75) is 6.92 Å². The van der Waals surface area contributed by atoms with Crippen molar-refractivity contribution in [3.8, 4) is 11.3 Å². The average molecular weight is 497 g/mol. The predicted octanol–water partition coefficient (Wildman–Crippen LogP) is 6.95. The molecule has 10 heteroatoms. The van der Waals surface area contributed by atoms with Crippen LogP contribution in [-0.4, -0.2) is 16.0 Å². The van der Waals surface area contributed by atoms with E-state index in [0.29, 0.717) is 31.5 Å². The first-order valence-corrected chi connectivity index (χ1v) is 10.9. The lowest BCUT2D eigenvalue weighted by atomic mass is 10.2. The Morgan fingerprint density at radius 2 is 1.90 bits per heavy atom. The second-order valence-electron chi connectivity index (χ2n) is 6.28. The van der Waals surface area contributed by atoms with E-state index in [0.717, 1.165) is 15.8 Å². The Hall–Kier alpha value is -2.16. The van der Waals surface area contributed by atoms with E-state index in [1.165, 1.54) is 11.3 Å². The molecule has 0 unspecified atom stereocenters. The lowest BCUT2D eigenvalue weighted by molar-refractivity contribution is 0.0951. The van der Waals surface area contributed by atoms with E-state index in [-0.39, 0.29) is 10.9 Å². The van der Waals surface area contributed by atoms with Gasteiger partial charge in [0.1, 0.15) is 5.76 Å². The van der Waals surface area contributed by atoms with Crippen LogP contribution in [0.2, 0.25) is 15.1 Å². The molecule has 5 nitrogen and oxygen atoms in total. The topological polar surface area (TPSA) is 67.2 Å². The minimum atomic E-state index is -0.496. The third-order valence-corrected chi connectivity index (χ3v) is 6.24. The number of anilines is 1. The standard InChI is InChI=1S/C20H12Cl3N3O2S2/c1-9-6-17-14(8-12(9)22)24-20(30-17)26-19(29)25-18(27)16-5-4-15(28-16)11-3-2-10(21)7-13(11)23/h2-8H,1H3,(H2,24,25,26,27,29). The van der Waals surface area contributed by atoms with Crippen LogP contribution in [0.3, 0.4) is 0 Å². The van der Waals surface area contributed by atoms with Gasteiger partial charge in [0.15, 0.2) is 16.0 Å². The number of carbonyl (C=O) groups excluding carboxylic acids is 1. The molecular formula is C20H12Cl3N3O2S2. The van der Waals surface area contributed by atoms with E-state index >= 15 is 0 Å². The molecule has 30 heavy (non-hydrogen) atoms. The maximum atomic E-state index is 12.5.